The number of hydrogen-bond donors (Lipinski definition) is 2. The summed E-state index contributed by atoms with van der Waals surface area (Å²) in [6, 6.07) is 7.78. The molecule has 0 bridgehead atoms. The summed E-state index contributed by atoms with van der Waals surface area (Å²) < 4.78 is 35.1. The topological polar surface area (TPSA) is 58.6 Å². The van der Waals surface area contributed by atoms with Gasteiger partial charge in [0.25, 0.3) is 5.91 Å². The molecule has 94 valence electrons. The van der Waals surface area contributed by atoms with E-state index in [1.807, 2.05) is 0 Å². The zero-order valence-corrected chi connectivity index (χ0v) is 8.57. The number of rotatable bonds is 4. The Bertz CT molecular complexity index is 367. The minimum absolute atomic E-state index is 0.264. The summed E-state index contributed by atoms with van der Waals surface area (Å²) in [5.41, 5.74) is 1.79. The van der Waals surface area contributed by atoms with Gasteiger partial charge in [-0.1, -0.05) is 30.3 Å². The van der Waals surface area contributed by atoms with Gasteiger partial charge in [0.2, 0.25) is 0 Å². The van der Waals surface area contributed by atoms with Crippen molar-refractivity contribution in [1.29, 1.82) is 0 Å². The van der Waals surface area contributed by atoms with E-state index in [1.165, 1.54) is 17.6 Å². The molecule has 0 aliphatic carbocycles. The van der Waals surface area contributed by atoms with Crippen molar-refractivity contribution in [3.8, 4) is 0 Å². The van der Waals surface area contributed by atoms with Crippen LogP contribution in [0.25, 0.3) is 0 Å². The first-order chi connectivity index (χ1) is 7.90. The van der Waals surface area contributed by atoms with Crippen LogP contribution in [-0.2, 0) is 9.63 Å². The normalized spacial score (nSPS) is 13.2. The molecular formula is C10H10F3NO3. The maximum Gasteiger partial charge on any atom is 0.414 e. The molecule has 0 radical (unpaired) electrons. The molecule has 0 spiro atoms. The number of aliphatic hydroxyl groups is 1. The van der Waals surface area contributed by atoms with E-state index in [-0.39, 0.29) is 5.56 Å². The molecule has 0 aromatic heterocycles. The number of aliphatic hydroxyl groups excluding tert-OH is 1. The molecule has 1 unspecified atom stereocenters. The Labute approximate surface area is 95.0 Å². The van der Waals surface area contributed by atoms with E-state index in [9.17, 15) is 23.1 Å². The van der Waals surface area contributed by atoms with Gasteiger partial charge in [-0.15, -0.1) is 0 Å². The average molecular weight is 249 g/mol. The van der Waals surface area contributed by atoms with Crippen LogP contribution in [0, 0.1) is 0 Å². The molecule has 0 saturated heterocycles. The number of nitrogens with one attached hydrogen (secondary N) is 1. The predicted octanol–water partition coefficient (Wildman–Crippen LogP) is 1.33. The van der Waals surface area contributed by atoms with Gasteiger partial charge in [0.15, 0.2) is 12.7 Å². The Morgan fingerprint density at radius 2 is 1.94 bits per heavy atom. The van der Waals surface area contributed by atoms with Gasteiger partial charge in [0, 0.05) is 0 Å². The average Bonchev–Trinajstić information content (AvgIpc) is 2.27. The molecular weight excluding hydrogens is 239 g/mol. The van der Waals surface area contributed by atoms with Crippen molar-refractivity contribution in [2.24, 2.45) is 0 Å². The maximum absolute atomic E-state index is 11.7. The van der Waals surface area contributed by atoms with E-state index in [2.05, 4.69) is 4.84 Å². The quantitative estimate of drug-likeness (QED) is 0.791. The molecule has 0 fully saturated rings. The van der Waals surface area contributed by atoms with Crippen LogP contribution in [0.1, 0.15) is 11.7 Å². The van der Waals surface area contributed by atoms with E-state index >= 15 is 0 Å². The Morgan fingerprint density at radius 1 is 1.35 bits per heavy atom. The fraction of sp³-hybridized carbons (Fsp3) is 0.300. The Kier molecular flexibility index (Phi) is 4.47. The van der Waals surface area contributed by atoms with Gasteiger partial charge in [0.1, 0.15) is 0 Å². The minimum Gasteiger partial charge on any atom is -0.378 e. The third kappa shape index (κ3) is 4.83. The molecule has 0 aliphatic rings. The van der Waals surface area contributed by atoms with E-state index < -0.39 is 24.8 Å². The highest BCUT2D eigenvalue weighted by Crippen LogP contribution is 2.15. The number of benzene rings is 1. The Morgan fingerprint density at radius 3 is 2.47 bits per heavy atom. The van der Waals surface area contributed by atoms with Crippen molar-refractivity contribution >= 4 is 5.91 Å². The maximum atomic E-state index is 11.7. The lowest BCUT2D eigenvalue weighted by atomic mass is 10.1. The van der Waals surface area contributed by atoms with Gasteiger partial charge in [-0.2, -0.15) is 13.2 Å². The molecule has 0 saturated carbocycles. The van der Waals surface area contributed by atoms with Crippen molar-refractivity contribution in [1.82, 2.24) is 5.48 Å². The Hall–Kier alpha value is -1.60. The van der Waals surface area contributed by atoms with Crippen LogP contribution in [0.5, 0.6) is 0 Å². The summed E-state index contributed by atoms with van der Waals surface area (Å²) in [5, 5.41) is 9.45. The lowest BCUT2D eigenvalue weighted by Crippen LogP contribution is -2.33. The van der Waals surface area contributed by atoms with Crippen LogP contribution in [0.15, 0.2) is 30.3 Å². The molecule has 2 N–H and O–H groups in total. The van der Waals surface area contributed by atoms with Crippen LogP contribution in [0.4, 0.5) is 13.2 Å². The van der Waals surface area contributed by atoms with Crippen molar-refractivity contribution in [3.05, 3.63) is 35.9 Å². The molecule has 1 aromatic rings. The molecule has 4 nitrogen and oxygen atoms in total. The van der Waals surface area contributed by atoms with Crippen LogP contribution >= 0.6 is 0 Å². The number of hydrogen-bond acceptors (Lipinski definition) is 3. The van der Waals surface area contributed by atoms with Gasteiger partial charge in [-0.05, 0) is 5.56 Å². The second-order valence-electron chi connectivity index (χ2n) is 3.18. The zero-order valence-electron chi connectivity index (χ0n) is 8.57. The summed E-state index contributed by atoms with van der Waals surface area (Å²) in [5.74, 6) is -1.06. The summed E-state index contributed by atoms with van der Waals surface area (Å²) in [6.07, 6.45) is -6.10. The van der Waals surface area contributed by atoms with Crippen LogP contribution in [-0.4, -0.2) is 23.8 Å². The van der Waals surface area contributed by atoms with E-state index in [1.54, 1.807) is 18.2 Å². The van der Waals surface area contributed by atoms with Crippen molar-refractivity contribution < 1.29 is 27.9 Å². The smallest absolute Gasteiger partial charge is 0.378 e. The van der Waals surface area contributed by atoms with Crippen molar-refractivity contribution in [2.45, 2.75) is 12.3 Å². The highest BCUT2D eigenvalue weighted by molar-refractivity contribution is 5.80. The number of hydroxylamine groups is 1. The second kappa shape index (κ2) is 5.65. The largest absolute Gasteiger partial charge is 0.414 e. The number of amides is 1. The van der Waals surface area contributed by atoms with Gasteiger partial charge in [-0.25, -0.2) is 5.48 Å². The molecule has 7 heteroatoms. The van der Waals surface area contributed by atoms with Gasteiger partial charge in [-0.3, -0.25) is 9.63 Å². The first-order valence-corrected chi connectivity index (χ1v) is 4.61. The molecule has 0 aliphatic heterocycles. The zero-order chi connectivity index (χ0) is 12.9. The highest BCUT2D eigenvalue weighted by Gasteiger charge is 2.28. The fourth-order valence-electron chi connectivity index (χ4n) is 1.03. The van der Waals surface area contributed by atoms with Gasteiger partial charge >= 0.3 is 6.18 Å². The van der Waals surface area contributed by atoms with Gasteiger partial charge < -0.3 is 5.11 Å². The molecule has 1 aromatic carbocycles. The van der Waals surface area contributed by atoms with Gasteiger partial charge in [0.05, 0.1) is 0 Å². The van der Waals surface area contributed by atoms with E-state index in [0.717, 1.165) is 0 Å². The number of carbonyl (C=O) groups is 1. The number of alkyl halides is 3. The van der Waals surface area contributed by atoms with Crippen LogP contribution < -0.4 is 5.48 Å². The lowest BCUT2D eigenvalue weighted by molar-refractivity contribution is -0.194. The Balaban J connectivity index is 2.43. The van der Waals surface area contributed by atoms with E-state index in [0.29, 0.717) is 0 Å². The summed E-state index contributed by atoms with van der Waals surface area (Å²) >= 11 is 0. The first-order valence-electron chi connectivity index (χ1n) is 4.61. The summed E-state index contributed by atoms with van der Waals surface area (Å²) in [4.78, 5) is 15.1. The fourth-order valence-corrected chi connectivity index (χ4v) is 1.03. The number of halogens is 3. The summed E-state index contributed by atoms with van der Waals surface area (Å²) in [7, 11) is 0. The van der Waals surface area contributed by atoms with Crippen molar-refractivity contribution in [2.75, 3.05) is 6.61 Å². The monoisotopic (exact) mass is 249 g/mol. The molecule has 1 amide bonds. The first kappa shape index (κ1) is 13.5. The van der Waals surface area contributed by atoms with Crippen LogP contribution in [0.3, 0.4) is 0 Å². The highest BCUT2D eigenvalue weighted by atomic mass is 19.4. The molecule has 17 heavy (non-hydrogen) atoms. The van der Waals surface area contributed by atoms with Crippen LogP contribution in [0.2, 0.25) is 0 Å². The third-order valence-electron chi connectivity index (χ3n) is 1.77. The number of carbonyl (C=O) groups excluding carboxylic acids is 1. The second-order valence-corrected chi connectivity index (χ2v) is 3.18. The van der Waals surface area contributed by atoms with E-state index in [4.69, 9.17) is 0 Å². The molecule has 1 atom stereocenters. The predicted molar refractivity (Wildman–Crippen MR) is 51.6 cm³/mol. The lowest BCUT2D eigenvalue weighted by Gasteiger charge is -2.12. The standard InChI is InChI=1S/C10H10F3NO3/c11-10(12,13)6-17-14-9(16)8(15)7-4-2-1-3-5-7/h1-5,8,15H,6H2,(H,14,16). The third-order valence-corrected chi connectivity index (χ3v) is 1.77. The summed E-state index contributed by atoms with van der Waals surface area (Å²) in [6.45, 7) is -1.61. The van der Waals surface area contributed by atoms with Crippen molar-refractivity contribution in [3.63, 3.8) is 0 Å². The minimum atomic E-state index is -4.54. The molecule has 1 rings (SSSR count). The SMILES string of the molecule is O=C(NOCC(F)(F)F)C(O)c1ccccc1. The molecule has 0 heterocycles.